The van der Waals surface area contributed by atoms with E-state index >= 15 is 0 Å². The maximum Gasteiger partial charge on any atom is 0.120 e. The predicted octanol–water partition coefficient (Wildman–Crippen LogP) is 2.54. The molecule has 1 unspecified atom stereocenters. The summed E-state index contributed by atoms with van der Waals surface area (Å²) in [6.45, 7) is 3.56. The van der Waals surface area contributed by atoms with Gasteiger partial charge in [-0.1, -0.05) is 22.0 Å². The van der Waals surface area contributed by atoms with Crippen molar-refractivity contribution in [1.82, 2.24) is 0 Å². The fraction of sp³-hybridized carbons (Fsp3) is 0.400. The van der Waals surface area contributed by atoms with Gasteiger partial charge in [0.1, 0.15) is 18.5 Å². The Bertz CT molecular complexity index is 308. The lowest BCUT2D eigenvalue weighted by Gasteiger charge is -2.05. The van der Waals surface area contributed by atoms with Gasteiger partial charge in [0.05, 0.1) is 6.61 Å². The van der Waals surface area contributed by atoms with Gasteiger partial charge in [0, 0.05) is 4.47 Å². The van der Waals surface area contributed by atoms with Gasteiger partial charge < -0.3 is 9.47 Å². The summed E-state index contributed by atoms with van der Waals surface area (Å²) in [7, 11) is 0. The molecule has 0 amide bonds. The molecule has 0 aliphatic carbocycles. The van der Waals surface area contributed by atoms with Gasteiger partial charge in [-0.05, 0) is 24.6 Å². The summed E-state index contributed by atoms with van der Waals surface area (Å²) >= 11 is 3.46. The third kappa shape index (κ3) is 2.45. The highest BCUT2D eigenvalue weighted by atomic mass is 79.9. The molecule has 1 atom stereocenters. The smallest absolute Gasteiger partial charge is 0.120 e. The molecule has 0 radical (unpaired) electrons. The van der Waals surface area contributed by atoms with E-state index in [4.69, 9.17) is 9.47 Å². The van der Waals surface area contributed by atoms with Crippen molar-refractivity contribution in [2.45, 2.75) is 13.0 Å². The van der Waals surface area contributed by atoms with Crippen molar-refractivity contribution in [3.05, 3.63) is 28.2 Å². The Labute approximate surface area is 86.0 Å². The molecule has 2 rings (SSSR count). The normalized spacial score (nSPS) is 20.0. The highest BCUT2D eigenvalue weighted by Gasteiger charge is 2.22. The summed E-state index contributed by atoms with van der Waals surface area (Å²) in [6.07, 6.45) is 0.320. The second kappa shape index (κ2) is 3.68. The van der Waals surface area contributed by atoms with Crippen LogP contribution in [-0.4, -0.2) is 19.3 Å². The number of epoxide rings is 1. The van der Waals surface area contributed by atoms with Crippen molar-refractivity contribution in [3.8, 4) is 5.75 Å². The summed E-state index contributed by atoms with van der Waals surface area (Å²) in [5.41, 5.74) is 1.22. The number of aryl methyl sites for hydroxylation is 1. The lowest BCUT2D eigenvalue weighted by molar-refractivity contribution is 0.263. The summed E-state index contributed by atoms with van der Waals surface area (Å²) in [4.78, 5) is 0. The van der Waals surface area contributed by atoms with Gasteiger partial charge in [0.15, 0.2) is 0 Å². The van der Waals surface area contributed by atoms with E-state index < -0.39 is 0 Å². The SMILES string of the molecule is Cc1ccc(OCC2CO2)cc1Br. The fourth-order valence-corrected chi connectivity index (χ4v) is 1.37. The summed E-state index contributed by atoms with van der Waals surface area (Å²) in [6, 6.07) is 5.99. The molecular formula is C10H11BrO2. The van der Waals surface area contributed by atoms with Gasteiger partial charge in [-0.3, -0.25) is 0 Å². The first kappa shape index (κ1) is 9.03. The highest BCUT2D eigenvalue weighted by Crippen LogP contribution is 2.23. The molecule has 0 aromatic heterocycles. The molecule has 1 fully saturated rings. The standard InChI is InChI=1S/C10H11BrO2/c1-7-2-3-8(4-10(7)11)12-5-9-6-13-9/h2-4,9H,5-6H2,1H3. The molecule has 0 spiro atoms. The Kier molecular flexibility index (Phi) is 2.56. The quantitative estimate of drug-likeness (QED) is 0.761. The van der Waals surface area contributed by atoms with Crippen LogP contribution in [0.15, 0.2) is 22.7 Å². The van der Waals surface area contributed by atoms with Gasteiger partial charge in [0.2, 0.25) is 0 Å². The second-order valence-electron chi connectivity index (χ2n) is 3.18. The molecule has 1 aliphatic heterocycles. The minimum atomic E-state index is 0.320. The molecular weight excluding hydrogens is 232 g/mol. The van der Waals surface area contributed by atoms with Crippen molar-refractivity contribution in [2.24, 2.45) is 0 Å². The number of hydrogen-bond donors (Lipinski definition) is 0. The third-order valence-electron chi connectivity index (χ3n) is 1.98. The summed E-state index contributed by atoms with van der Waals surface area (Å²) in [5.74, 6) is 0.896. The van der Waals surface area contributed by atoms with Crippen LogP contribution in [0.4, 0.5) is 0 Å². The summed E-state index contributed by atoms with van der Waals surface area (Å²) in [5, 5.41) is 0. The molecule has 0 saturated carbocycles. The van der Waals surface area contributed by atoms with E-state index in [1.165, 1.54) is 5.56 Å². The van der Waals surface area contributed by atoms with E-state index in [2.05, 4.69) is 22.9 Å². The van der Waals surface area contributed by atoms with Gasteiger partial charge in [0.25, 0.3) is 0 Å². The van der Waals surface area contributed by atoms with Crippen molar-refractivity contribution < 1.29 is 9.47 Å². The minimum Gasteiger partial charge on any atom is -0.491 e. The van der Waals surface area contributed by atoms with Crippen LogP contribution in [0.2, 0.25) is 0 Å². The zero-order valence-corrected chi connectivity index (χ0v) is 9.00. The number of ether oxygens (including phenoxy) is 2. The molecule has 3 heteroatoms. The van der Waals surface area contributed by atoms with Crippen LogP contribution in [0, 0.1) is 6.92 Å². The van der Waals surface area contributed by atoms with Crippen molar-refractivity contribution in [3.63, 3.8) is 0 Å². The molecule has 2 nitrogen and oxygen atoms in total. The fourth-order valence-electron chi connectivity index (χ4n) is 1.02. The Morgan fingerprint density at radius 1 is 1.62 bits per heavy atom. The lowest BCUT2D eigenvalue weighted by Crippen LogP contribution is -2.03. The van der Waals surface area contributed by atoms with Crippen LogP contribution in [0.3, 0.4) is 0 Å². The molecule has 1 aromatic carbocycles. The van der Waals surface area contributed by atoms with Crippen LogP contribution in [-0.2, 0) is 4.74 Å². The molecule has 0 N–H and O–H groups in total. The number of hydrogen-bond acceptors (Lipinski definition) is 2. The largest absolute Gasteiger partial charge is 0.491 e. The Hall–Kier alpha value is -0.540. The van der Waals surface area contributed by atoms with Crippen LogP contribution in [0.25, 0.3) is 0 Å². The maximum absolute atomic E-state index is 5.51. The van der Waals surface area contributed by atoms with E-state index in [9.17, 15) is 0 Å². The molecule has 1 aromatic rings. The lowest BCUT2D eigenvalue weighted by atomic mass is 10.2. The molecule has 13 heavy (non-hydrogen) atoms. The van der Waals surface area contributed by atoms with Gasteiger partial charge in [-0.15, -0.1) is 0 Å². The zero-order chi connectivity index (χ0) is 9.26. The number of rotatable bonds is 3. The van der Waals surface area contributed by atoms with E-state index in [1.54, 1.807) is 0 Å². The van der Waals surface area contributed by atoms with Crippen LogP contribution >= 0.6 is 15.9 Å². The van der Waals surface area contributed by atoms with Crippen molar-refractivity contribution in [2.75, 3.05) is 13.2 Å². The number of halogens is 1. The highest BCUT2D eigenvalue weighted by molar-refractivity contribution is 9.10. The summed E-state index contributed by atoms with van der Waals surface area (Å²) < 4.78 is 11.6. The van der Waals surface area contributed by atoms with Crippen LogP contribution in [0.1, 0.15) is 5.56 Å². The average Bonchev–Trinajstić information content (AvgIpc) is 2.91. The Morgan fingerprint density at radius 2 is 2.38 bits per heavy atom. The van der Waals surface area contributed by atoms with Gasteiger partial charge in [-0.25, -0.2) is 0 Å². The molecule has 70 valence electrons. The predicted molar refractivity (Wildman–Crippen MR) is 54.1 cm³/mol. The number of benzene rings is 1. The Balaban J connectivity index is 1.98. The first-order valence-corrected chi connectivity index (χ1v) is 5.05. The monoisotopic (exact) mass is 242 g/mol. The topological polar surface area (TPSA) is 21.8 Å². The molecule has 1 saturated heterocycles. The minimum absolute atomic E-state index is 0.320. The van der Waals surface area contributed by atoms with Crippen LogP contribution < -0.4 is 4.74 Å². The molecule has 1 aliphatic rings. The third-order valence-corrected chi connectivity index (χ3v) is 2.84. The first-order chi connectivity index (χ1) is 6.25. The van der Waals surface area contributed by atoms with Gasteiger partial charge >= 0.3 is 0 Å². The molecule has 1 heterocycles. The second-order valence-corrected chi connectivity index (χ2v) is 4.03. The maximum atomic E-state index is 5.51. The van der Waals surface area contributed by atoms with E-state index in [-0.39, 0.29) is 0 Å². The van der Waals surface area contributed by atoms with E-state index in [0.29, 0.717) is 12.7 Å². The first-order valence-electron chi connectivity index (χ1n) is 4.26. The zero-order valence-electron chi connectivity index (χ0n) is 7.42. The van der Waals surface area contributed by atoms with Crippen molar-refractivity contribution in [1.29, 1.82) is 0 Å². The Morgan fingerprint density at radius 3 is 3.00 bits per heavy atom. The molecule has 0 bridgehead atoms. The van der Waals surface area contributed by atoms with Crippen LogP contribution in [0.5, 0.6) is 5.75 Å². The van der Waals surface area contributed by atoms with Gasteiger partial charge in [-0.2, -0.15) is 0 Å². The average molecular weight is 243 g/mol. The van der Waals surface area contributed by atoms with Crippen molar-refractivity contribution >= 4 is 15.9 Å². The van der Waals surface area contributed by atoms with E-state index in [0.717, 1.165) is 16.8 Å². The van der Waals surface area contributed by atoms with E-state index in [1.807, 2.05) is 18.2 Å².